The van der Waals surface area contributed by atoms with Crippen LogP contribution in [0.15, 0.2) is 24.3 Å². The van der Waals surface area contributed by atoms with Crippen LogP contribution in [0.1, 0.15) is 5.56 Å². The van der Waals surface area contributed by atoms with Crippen molar-refractivity contribution < 1.29 is 9.84 Å². The number of methoxy groups -OCH3 is 1. The van der Waals surface area contributed by atoms with Crippen molar-refractivity contribution in [1.29, 1.82) is 0 Å². The van der Waals surface area contributed by atoms with E-state index in [1.807, 2.05) is 0 Å². The van der Waals surface area contributed by atoms with Crippen molar-refractivity contribution in [1.82, 2.24) is 0 Å². The lowest BCUT2D eigenvalue weighted by molar-refractivity contribution is 0.177. The molecule has 0 bridgehead atoms. The average molecular weight is 137 g/mol. The molecule has 0 N–H and O–H groups in total. The minimum atomic E-state index is -0.163. The third-order valence-electron chi connectivity index (χ3n) is 1.33. The van der Waals surface area contributed by atoms with Crippen molar-refractivity contribution in [2.45, 2.75) is 6.61 Å². The minimum Gasteiger partial charge on any atom is -0.497 e. The molecule has 0 amide bonds. The predicted molar refractivity (Wildman–Crippen MR) is 37.4 cm³/mol. The molecule has 1 aromatic carbocycles. The van der Waals surface area contributed by atoms with Crippen LogP contribution in [0.4, 0.5) is 0 Å². The molecule has 0 heterocycles. The molecule has 0 unspecified atom stereocenters. The molecule has 0 atom stereocenters. The van der Waals surface area contributed by atoms with E-state index in [1.54, 1.807) is 31.4 Å². The fourth-order valence-electron chi connectivity index (χ4n) is 0.722. The lowest BCUT2D eigenvalue weighted by atomic mass is 10.2. The molecule has 0 spiro atoms. The summed E-state index contributed by atoms with van der Waals surface area (Å²) in [6.07, 6.45) is 0. The Morgan fingerprint density at radius 2 is 1.90 bits per heavy atom. The summed E-state index contributed by atoms with van der Waals surface area (Å²) in [7, 11) is 1.60. The van der Waals surface area contributed by atoms with Gasteiger partial charge in [0.1, 0.15) is 12.4 Å². The molecule has 0 aliphatic carbocycles. The van der Waals surface area contributed by atoms with Gasteiger partial charge in [-0.1, -0.05) is 12.1 Å². The quantitative estimate of drug-likeness (QED) is 0.609. The molecular formula is C8H9O2. The van der Waals surface area contributed by atoms with Gasteiger partial charge in [0.05, 0.1) is 7.11 Å². The summed E-state index contributed by atoms with van der Waals surface area (Å²) in [6.45, 7) is -0.163. The highest BCUT2D eigenvalue weighted by Crippen LogP contribution is 2.10. The Hall–Kier alpha value is -1.02. The van der Waals surface area contributed by atoms with Crippen molar-refractivity contribution in [3.05, 3.63) is 29.8 Å². The van der Waals surface area contributed by atoms with E-state index < -0.39 is 0 Å². The summed E-state index contributed by atoms with van der Waals surface area (Å²) >= 11 is 0. The number of hydrogen-bond donors (Lipinski definition) is 0. The number of rotatable bonds is 2. The van der Waals surface area contributed by atoms with Crippen LogP contribution in [-0.2, 0) is 11.7 Å². The van der Waals surface area contributed by atoms with Gasteiger partial charge >= 0.3 is 0 Å². The third-order valence-corrected chi connectivity index (χ3v) is 1.33. The average Bonchev–Trinajstić information content (AvgIpc) is 2.05. The van der Waals surface area contributed by atoms with Crippen molar-refractivity contribution >= 4 is 0 Å². The monoisotopic (exact) mass is 137 g/mol. The zero-order chi connectivity index (χ0) is 7.40. The first-order chi connectivity index (χ1) is 4.86. The molecule has 2 nitrogen and oxygen atoms in total. The second kappa shape index (κ2) is 3.22. The molecule has 2 heteroatoms. The Balaban J connectivity index is 2.80. The van der Waals surface area contributed by atoms with Crippen molar-refractivity contribution in [3.8, 4) is 5.75 Å². The molecule has 10 heavy (non-hydrogen) atoms. The standard InChI is InChI=1S/C8H9O2/c1-10-8-4-2-7(6-9)3-5-8/h2-5H,6H2,1H3. The molecule has 1 aromatic rings. The zero-order valence-electron chi connectivity index (χ0n) is 5.83. The van der Waals surface area contributed by atoms with Crippen LogP contribution < -0.4 is 4.74 Å². The molecule has 0 aliphatic heterocycles. The molecule has 0 saturated carbocycles. The van der Waals surface area contributed by atoms with E-state index in [-0.39, 0.29) is 6.61 Å². The van der Waals surface area contributed by atoms with E-state index in [0.29, 0.717) is 0 Å². The Bertz CT molecular complexity index is 168. The Labute approximate surface area is 60.1 Å². The maximum absolute atomic E-state index is 10.3. The second-order valence-electron chi connectivity index (χ2n) is 1.99. The number of ether oxygens (including phenoxy) is 1. The Morgan fingerprint density at radius 1 is 1.30 bits per heavy atom. The lowest BCUT2D eigenvalue weighted by Crippen LogP contribution is -1.83. The number of benzene rings is 1. The van der Waals surface area contributed by atoms with Crippen molar-refractivity contribution in [3.63, 3.8) is 0 Å². The fraction of sp³-hybridized carbons (Fsp3) is 0.250. The summed E-state index contributed by atoms with van der Waals surface area (Å²) < 4.78 is 4.91. The van der Waals surface area contributed by atoms with E-state index >= 15 is 0 Å². The van der Waals surface area contributed by atoms with Gasteiger partial charge in [0, 0.05) is 0 Å². The first kappa shape index (κ1) is 7.09. The normalized spacial score (nSPS) is 9.40. The van der Waals surface area contributed by atoms with Gasteiger partial charge in [-0.2, -0.15) is 0 Å². The third kappa shape index (κ3) is 1.48. The summed E-state index contributed by atoms with van der Waals surface area (Å²) in [5.74, 6) is 0.789. The molecule has 1 rings (SSSR count). The summed E-state index contributed by atoms with van der Waals surface area (Å²) in [5.41, 5.74) is 0.792. The van der Waals surface area contributed by atoms with Crippen molar-refractivity contribution in [2.75, 3.05) is 7.11 Å². The summed E-state index contributed by atoms with van der Waals surface area (Å²) in [4.78, 5) is 0. The van der Waals surface area contributed by atoms with Crippen molar-refractivity contribution in [2.24, 2.45) is 0 Å². The first-order valence-corrected chi connectivity index (χ1v) is 3.08. The molecule has 53 valence electrons. The molecular weight excluding hydrogens is 128 g/mol. The Kier molecular flexibility index (Phi) is 2.29. The highest BCUT2D eigenvalue weighted by molar-refractivity contribution is 5.26. The van der Waals surface area contributed by atoms with Crippen LogP contribution in [0.25, 0.3) is 0 Å². The Morgan fingerprint density at radius 3 is 2.30 bits per heavy atom. The van der Waals surface area contributed by atoms with Gasteiger partial charge in [-0.05, 0) is 17.7 Å². The van der Waals surface area contributed by atoms with Crippen LogP contribution in [0.2, 0.25) is 0 Å². The molecule has 1 radical (unpaired) electrons. The molecule has 0 saturated heterocycles. The van der Waals surface area contributed by atoms with Gasteiger partial charge in [-0.25, -0.2) is 5.11 Å². The minimum absolute atomic E-state index is 0.163. The van der Waals surface area contributed by atoms with Crippen LogP contribution in [0.5, 0.6) is 5.75 Å². The second-order valence-corrected chi connectivity index (χ2v) is 1.99. The highest BCUT2D eigenvalue weighted by Gasteiger charge is 1.90. The fourth-order valence-corrected chi connectivity index (χ4v) is 0.722. The van der Waals surface area contributed by atoms with E-state index in [9.17, 15) is 5.11 Å². The zero-order valence-corrected chi connectivity index (χ0v) is 5.83. The topological polar surface area (TPSA) is 29.1 Å². The van der Waals surface area contributed by atoms with Crippen LogP contribution in [0.3, 0.4) is 0 Å². The predicted octanol–water partition coefficient (Wildman–Crippen LogP) is 1.63. The van der Waals surface area contributed by atoms with Crippen LogP contribution >= 0.6 is 0 Å². The first-order valence-electron chi connectivity index (χ1n) is 3.08. The van der Waals surface area contributed by atoms with Gasteiger partial charge < -0.3 is 4.74 Å². The lowest BCUT2D eigenvalue weighted by Gasteiger charge is -1.98. The van der Waals surface area contributed by atoms with Gasteiger partial charge in [0.15, 0.2) is 0 Å². The van der Waals surface area contributed by atoms with E-state index in [2.05, 4.69) is 0 Å². The summed E-state index contributed by atoms with van der Waals surface area (Å²) in [5, 5.41) is 10.3. The van der Waals surface area contributed by atoms with Gasteiger partial charge in [0.25, 0.3) is 0 Å². The molecule has 0 aliphatic rings. The van der Waals surface area contributed by atoms with E-state index in [4.69, 9.17) is 4.74 Å². The van der Waals surface area contributed by atoms with E-state index in [1.165, 1.54) is 0 Å². The smallest absolute Gasteiger partial charge is 0.118 e. The molecule has 0 fully saturated rings. The van der Waals surface area contributed by atoms with Gasteiger partial charge in [-0.3, -0.25) is 0 Å². The van der Waals surface area contributed by atoms with Crippen LogP contribution in [0, 0.1) is 0 Å². The van der Waals surface area contributed by atoms with E-state index in [0.717, 1.165) is 11.3 Å². The largest absolute Gasteiger partial charge is 0.497 e. The van der Waals surface area contributed by atoms with Gasteiger partial charge in [0.2, 0.25) is 0 Å². The van der Waals surface area contributed by atoms with Gasteiger partial charge in [-0.15, -0.1) is 0 Å². The number of hydrogen-bond acceptors (Lipinski definition) is 1. The summed E-state index contributed by atoms with van der Waals surface area (Å²) in [6, 6.07) is 7.11. The maximum atomic E-state index is 10.3. The van der Waals surface area contributed by atoms with Crippen LogP contribution in [-0.4, -0.2) is 7.11 Å². The highest BCUT2D eigenvalue weighted by atomic mass is 16.5. The maximum Gasteiger partial charge on any atom is 0.118 e. The molecule has 0 aromatic heterocycles. The SMILES string of the molecule is COc1ccc(C[O])cc1.